The highest BCUT2D eigenvalue weighted by Gasteiger charge is 2.29. The Bertz CT molecular complexity index is 415. The van der Waals surface area contributed by atoms with Crippen LogP contribution in [-0.2, 0) is 6.42 Å². The van der Waals surface area contributed by atoms with E-state index in [9.17, 15) is 0 Å². The summed E-state index contributed by atoms with van der Waals surface area (Å²) in [6.07, 6.45) is 6.53. The maximum atomic E-state index is 6.04. The van der Waals surface area contributed by atoms with Crippen molar-refractivity contribution in [3.8, 4) is 0 Å². The van der Waals surface area contributed by atoms with Crippen LogP contribution in [0.25, 0.3) is 0 Å². The van der Waals surface area contributed by atoms with Gasteiger partial charge in [-0.3, -0.25) is 0 Å². The van der Waals surface area contributed by atoms with Gasteiger partial charge < -0.3 is 5.32 Å². The summed E-state index contributed by atoms with van der Waals surface area (Å²) in [5.74, 6) is 0.839. The fourth-order valence-corrected chi connectivity index (χ4v) is 3.61. The Kier molecular flexibility index (Phi) is 3.14. The zero-order chi connectivity index (χ0) is 11.8. The van der Waals surface area contributed by atoms with Crippen molar-refractivity contribution in [3.05, 3.63) is 34.3 Å². The molecule has 2 heteroatoms. The number of aryl methyl sites for hydroxylation is 1. The first kappa shape index (κ1) is 11.6. The Morgan fingerprint density at radius 2 is 2.12 bits per heavy atom. The summed E-state index contributed by atoms with van der Waals surface area (Å²) in [6, 6.07) is 7.66. The lowest BCUT2D eigenvalue weighted by Gasteiger charge is -2.23. The number of halogens is 1. The average molecular weight is 250 g/mol. The molecule has 1 aromatic carbocycles. The van der Waals surface area contributed by atoms with Gasteiger partial charge in [-0.1, -0.05) is 31.0 Å². The number of benzene rings is 1. The Balaban J connectivity index is 1.75. The van der Waals surface area contributed by atoms with Gasteiger partial charge in [0.2, 0.25) is 0 Å². The first-order valence-corrected chi connectivity index (χ1v) is 7.16. The summed E-state index contributed by atoms with van der Waals surface area (Å²) >= 11 is 6.04. The van der Waals surface area contributed by atoms with E-state index >= 15 is 0 Å². The van der Waals surface area contributed by atoms with E-state index < -0.39 is 0 Å². The number of fused-ring (bicyclic) bond motifs is 1. The quantitative estimate of drug-likeness (QED) is 0.832. The molecule has 92 valence electrons. The lowest BCUT2D eigenvalue weighted by Crippen LogP contribution is -2.33. The van der Waals surface area contributed by atoms with Crippen LogP contribution in [0, 0.1) is 5.92 Å². The van der Waals surface area contributed by atoms with Crippen LogP contribution in [-0.4, -0.2) is 6.04 Å². The largest absolute Gasteiger partial charge is 0.307 e. The van der Waals surface area contributed by atoms with E-state index in [1.165, 1.54) is 43.2 Å². The fraction of sp³-hybridized carbons (Fsp3) is 0.600. The van der Waals surface area contributed by atoms with Crippen molar-refractivity contribution in [2.45, 2.75) is 51.1 Å². The lowest BCUT2D eigenvalue weighted by atomic mass is 10.0. The van der Waals surface area contributed by atoms with Crippen molar-refractivity contribution in [2.24, 2.45) is 5.92 Å². The number of rotatable bonds is 2. The highest BCUT2D eigenvalue weighted by atomic mass is 35.5. The standard InChI is InChI=1S/C15H20ClN/c1-10-3-2-4-14(10)17-15-8-5-11-9-12(16)6-7-13(11)15/h6-7,9-10,14-15,17H,2-5,8H2,1H3. The molecule has 1 nitrogen and oxygen atoms in total. The van der Waals surface area contributed by atoms with Crippen LogP contribution in [0.5, 0.6) is 0 Å². The van der Waals surface area contributed by atoms with E-state index in [2.05, 4.69) is 24.4 Å². The maximum Gasteiger partial charge on any atom is 0.0408 e. The van der Waals surface area contributed by atoms with Crippen LogP contribution in [0.3, 0.4) is 0 Å². The number of hydrogen-bond acceptors (Lipinski definition) is 1. The van der Waals surface area contributed by atoms with E-state index in [1.54, 1.807) is 0 Å². The van der Waals surface area contributed by atoms with Crippen molar-refractivity contribution < 1.29 is 0 Å². The molecule has 2 aliphatic carbocycles. The number of nitrogens with one attached hydrogen (secondary N) is 1. The SMILES string of the molecule is CC1CCCC1NC1CCc2cc(Cl)ccc21. The van der Waals surface area contributed by atoms with Gasteiger partial charge in [-0.2, -0.15) is 0 Å². The molecular weight excluding hydrogens is 230 g/mol. The van der Waals surface area contributed by atoms with E-state index in [0.717, 1.165) is 17.0 Å². The van der Waals surface area contributed by atoms with Crippen molar-refractivity contribution in [1.82, 2.24) is 5.32 Å². The highest BCUT2D eigenvalue weighted by Crippen LogP contribution is 2.35. The molecule has 1 aromatic rings. The average Bonchev–Trinajstić information content (AvgIpc) is 2.87. The van der Waals surface area contributed by atoms with E-state index in [-0.39, 0.29) is 0 Å². The van der Waals surface area contributed by atoms with Crippen molar-refractivity contribution >= 4 is 11.6 Å². The summed E-state index contributed by atoms with van der Waals surface area (Å²) < 4.78 is 0. The molecule has 1 saturated carbocycles. The summed E-state index contributed by atoms with van der Waals surface area (Å²) in [7, 11) is 0. The number of hydrogen-bond donors (Lipinski definition) is 1. The van der Waals surface area contributed by atoms with Crippen LogP contribution in [0.15, 0.2) is 18.2 Å². The van der Waals surface area contributed by atoms with Gasteiger partial charge in [0.25, 0.3) is 0 Å². The molecule has 0 spiro atoms. The maximum absolute atomic E-state index is 6.04. The van der Waals surface area contributed by atoms with Gasteiger partial charge in [-0.15, -0.1) is 0 Å². The molecule has 0 bridgehead atoms. The molecule has 17 heavy (non-hydrogen) atoms. The summed E-state index contributed by atoms with van der Waals surface area (Å²) in [5.41, 5.74) is 2.93. The molecule has 3 atom stereocenters. The van der Waals surface area contributed by atoms with Crippen LogP contribution in [0.1, 0.15) is 49.8 Å². The van der Waals surface area contributed by atoms with Crippen LogP contribution in [0.2, 0.25) is 5.02 Å². The minimum Gasteiger partial charge on any atom is -0.307 e. The van der Waals surface area contributed by atoms with Gasteiger partial charge in [0.15, 0.2) is 0 Å². The monoisotopic (exact) mass is 249 g/mol. The van der Waals surface area contributed by atoms with Gasteiger partial charge in [-0.05, 0) is 54.9 Å². The van der Waals surface area contributed by atoms with Gasteiger partial charge in [0.05, 0.1) is 0 Å². The highest BCUT2D eigenvalue weighted by molar-refractivity contribution is 6.30. The predicted molar refractivity (Wildman–Crippen MR) is 72.5 cm³/mol. The smallest absolute Gasteiger partial charge is 0.0408 e. The molecule has 0 aliphatic heterocycles. The lowest BCUT2D eigenvalue weighted by molar-refractivity contribution is 0.374. The molecule has 0 heterocycles. The van der Waals surface area contributed by atoms with Gasteiger partial charge in [0, 0.05) is 17.1 Å². The van der Waals surface area contributed by atoms with Gasteiger partial charge in [-0.25, -0.2) is 0 Å². The van der Waals surface area contributed by atoms with Gasteiger partial charge >= 0.3 is 0 Å². The van der Waals surface area contributed by atoms with E-state index in [1.807, 2.05) is 6.07 Å². The molecule has 0 saturated heterocycles. The minimum atomic E-state index is 0.563. The second kappa shape index (κ2) is 4.62. The zero-order valence-corrected chi connectivity index (χ0v) is 11.1. The molecule has 0 aromatic heterocycles. The zero-order valence-electron chi connectivity index (χ0n) is 10.4. The van der Waals surface area contributed by atoms with Crippen LogP contribution >= 0.6 is 11.6 Å². The van der Waals surface area contributed by atoms with Crippen molar-refractivity contribution in [1.29, 1.82) is 0 Å². The second-order valence-electron chi connectivity index (χ2n) is 5.62. The Morgan fingerprint density at radius 3 is 2.88 bits per heavy atom. The molecule has 0 radical (unpaired) electrons. The normalized spacial score (nSPS) is 31.8. The third kappa shape index (κ3) is 2.23. The molecule has 3 unspecified atom stereocenters. The van der Waals surface area contributed by atoms with Crippen LogP contribution < -0.4 is 5.32 Å². The first-order chi connectivity index (χ1) is 8.24. The van der Waals surface area contributed by atoms with Crippen molar-refractivity contribution in [3.63, 3.8) is 0 Å². The molecule has 1 fully saturated rings. The Hall–Kier alpha value is -0.530. The fourth-order valence-electron chi connectivity index (χ4n) is 3.41. The third-order valence-electron chi connectivity index (χ3n) is 4.46. The summed E-state index contributed by atoms with van der Waals surface area (Å²) in [4.78, 5) is 0. The Labute approximate surface area is 109 Å². The summed E-state index contributed by atoms with van der Waals surface area (Å²) in [5, 5.41) is 4.73. The molecule has 3 rings (SSSR count). The van der Waals surface area contributed by atoms with E-state index in [4.69, 9.17) is 11.6 Å². The molecule has 2 aliphatic rings. The molecule has 1 N–H and O–H groups in total. The predicted octanol–water partition coefficient (Wildman–Crippen LogP) is 4.11. The molecule has 0 amide bonds. The van der Waals surface area contributed by atoms with Crippen molar-refractivity contribution in [2.75, 3.05) is 0 Å². The first-order valence-electron chi connectivity index (χ1n) is 6.78. The topological polar surface area (TPSA) is 12.0 Å². The third-order valence-corrected chi connectivity index (χ3v) is 4.69. The minimum absolute atomic E-state index is 0.563. The van der Waals surface area contributed by atoms with E-state index in [0.29, 0.717) is 6.04 Å². The Morgan fingerprint density at radius 1 is 1.24 bits per heavy atom. The second-order valence-corrected chi connectivity index (χ2v) is 6.05. The summed E-state index contributed by atoms with van der Waals surface area (Å²) in [6.45, 7) is 2.38. The van der Waals surface area contributed by atoms with Crippen LogP contribution in [0.4, 0.5) is 0 Å². The molecular formula is C15H20ClN. The van der Waals surface area contributed by atoms with Gasteiger partial charge in [0.1, 0.15) is 0 Å².